The Morgan fingerprint density at radius 1 is 1.04 bits per heavy atom. The van der Waals surface area contributed by atoms with Gasteiger partial charge in [-0.2, -0.15) is 0 Å². The zero-order valence-corrected chi connectivity index (χ0v) is 16.0. The normalized spacial score (nSPS) is 11.2. The SMILES string of the molecule is CCOc1ccc(NS(=O)(=O)c2ccc(C(=O)NCC(C)C)cc2)cc1. The van der Waals surface area contributed by atoms with Crippen LogP contribution in [0.3, 0.4) is 0 Å². The summed E-state index contributed by atoms with van der Waals surface area (Å²) in [6.45, 7) is 6.99. The number of nitrogens with one attached hydrogen (secondary N) is 2. The van der Waals surface area contributed by atoms with Crippen LogP contribution in [0.2, 0.25) is 0 Å². The standard InChI is InChI=1S/C19H24N2O4S/c1-4-25-17-9-7-16(8-10-17)21-26(23,24)18-11-5-15(6-12-18)19(22)20-13-14(2)3/h5-12,14,21H,4,13H2,1-3H3,(H,20,22). The van der Waals surface area contributed by atoms with Crippen LogP contribution in [0.1, 0.15) is 31.1 Å². The maximum atomic E-state index is 12.5. The molecule has 0 heterocycles. The molecule has 2 rings (SSSR count). The molecular weight excluding hydrogens is 352 g/mol. The number of anilines is 1. The van der Waals surface area contributed by atoms with Crippen molar-refractivity contribution in [3.63, 3.8) is 0 Å². The van der Waals surface area contributed by atoms with Gasteiger partial charge in [-0.25, -0.2) is 8.42 Å². The van der Waals surface area contributed by atoms with Gasteiger partial charge in [-0.05, 0) is 61.4 Å². The van der Waals surface area contributed by atoms with Gasteiger partial charge in [-0.3, -0.25) is 9.52 Å². The molecule has 7 heteroatoms. The van der Waals surface area contributed by atoms with Crippen molar-refractivity contribution in [2.45, 2.75) is 25.7 Å². The summed E-state index contributed by atoms with van der Waals surface area (Å²) >= 11 is 0. The van der Waals surface area contributed by atoms with Gasteiger partial charge in [0.25, 0.3) is 15.9 Å². The number of hydrogen-bond donors (Lipinski definition) is 2. The maximum absolute atomic E-state index is 12.5. The fourth-order valence-corrected chi connectivity index (χ4v) is 3.24. The lowest BCUT2D eigenvalue weighted by Gasteiger charge is -2.10. The van der Waals surface area contributed by atoms with Crippen molar-refractivity contribution in [1.29, 1.82) is 0 Å². The van der Waals surface area contributed by atoms with Gasteiger partial charge in [0.1, 0.15) is 5.75 Å². The summed E-state index contributed by atoms with van der Waals surface area (Å²) < 4.78 is 32.8. The molecule has 0 aliphatic rings. The molecule has 26 heavy (non-hydrogen) atoms. The van der Waals surface area contributed by atoms with Crippen molar-refractivity contribution >= 4 is 21.6 Å². The average molecular weight is 376 g/mol. The number of sulfonamides is 1. The van der Waals surface area contributed by atoms with Crippen molar-refractivity contribution in [3.05, 3.63) is 54.1 Å². The lowest BCUT2D eigenvalue weighted by atomic mass is 10.2. The molecule has 0 aliphatic carbocycles. The topological polar surface area (TPSA) is 84.5 Å². The first-order valence-electron chi connectivity index (χ1n) is 8.45. The summed E-state index contributed by atoms with van der Waals surface area (Å²) in [7, 11) is -3.73. The van der Waals surface area contributed by atoms with Crippen molar-refractivity contribution in [2.24, 2.45) is 5.92 Å². The molecule has 0 aliphatic heterocycles. The highest BCUT2D eigenvalue weighted by atomic mass is 32.2. The van der Waals surface area contributed by atoms with Gasteiger partial charge < -0.3 is 10.1 Å². The smallest absolute Gasteiger partial charge is 0.261 e. The molecule has 0 fully saturated rings. The Balaban J connectivity index is 2.07. The molecule has 2 aromatic carbocycles. The van der Waals surface area contributed by atoms with E-state index < -0.39 is 10.0 Å². The second kappa shape index (κ2) is 8.71. The van der Waals surface area contributed by atoms with Gasteiger partial charge in [0.2, 0.25) is 0 Å². The number of carbonyl (C=O) groups excluding carboxylic acids is 1. The Kier molecular flexibility index (Phi) is 6.63. The van der Waals surface area contributed by atoms with E-state index in [2.05, 4.69) is 10.0 Å². The molecule has 2 N–H and O–H groups in total. The van der Waals surface area contributed by atoms with E-state index in [0.29, 0.717) is 36.1 Å². The first-order chi connectivity index (χ1) is 12.3. The van der Waals surface area contributed by atoms with Crippen LogP contribution in [0, 0.1) is 5.92 Å². The summed E-state index contributed by atoms with van der Waals surface area (Å²) in [5.74, 6) is 0.797. The third kappa shape index (κ3) is 5.49. The zero-order valence-electron chi connectivity index (χ0n) is 15.2. The molecule has 0 saturated heterocycles. The van der Waals surface area contributed by atoms with Crippen molar-refractivity contribution < 1.29 is 17.9 Å². The van der Waals surface area contributed by atoms with E-state index >= 15 is 0 Å². The number of carbonyl (C=O) groups is 1. The van der Waals surface area contributed by atoms with Gasteiger partial charge in [-0.15, -0.1) is 0 Å². The van der Waals surface area contributed by atoms with Crippen LogP contribution in [0.25, 0.3) is 0 Å². The minimum Gasteiger partial charge on any atom is -0.494 e. The molecule has 140 valence electrons. The maximum Gasteiger partial charge on any atom is 0.261 e. The molecule has 0 unspecified atom stereocenters. The Bertz CT molecular complexity index is 829. The fourth-order valence-electron chi connectivity index (χ4n) is 2.18. The van der Waals surface area contributed by atoms with E-state index in [0.717, 1.165) is 0 Å². The van der Waals surface area contributed by atoms with Crippen LogP contribution < -0.4 is 14.8 Å². The van der Waals surface area contributed by atoms with Crippen LogP contribution in [0.4, 0.5) is 5.69 Å². The van der Waals surface area contributed by atoms with E-state index in [4.69, 9.17) is 4.74 Å². The Hall–Kier alpha value is -2.54. The largest absolute Gasteiger partial charge is 0.494 e. The second-order valence-corrected chi connectivity index (χ2v) is 7.87. The van der Waals surface area contributed by atoms with Crippen LogP contribution in [0.15, 0.2) is 53.4 Å². The zero-order chi connectivity index (χ0) is 19.2. The number of benzene rings is 2. The third-order valence-corrected chi connectivity index (χ3v) is 4.91. The van der Waals surface area contributed by atoms with E-state index in [1.165, 1.54) is 24.3 Å². The summed E-state index contributed by atoms with van der Waals surface area (Å²) in [6, 6.07) is 12.5. The molecular formula is C19H24N2O4S. The number of ether oxygens (including phenoxy) is 1. The number of rotatable bonds is 8. The van der Waals surface area contributed by atoms with Gasteiger partial charge in [0.15, 0.2) is 0 Å². The quantitative estimate of drug-likeness (QED) is 0.740. The molecule has 0 bridgehead atoms. The first-order valence-corrected chi connectivity index (χ1v) is 9.94. The molecule has 0 atom stereocenters. The summed E-state index contributed by atoms with van der Waals surface area (Å²) in [5.41, 5.74) is 0.859. The number of hydrogen-bond acceptors (Lipinski definition) is 4. The van der Waals surface area contributed by atoms with Crippen LogP contribution in [0.5, 0.6) is 5.75 Å². The van der Waals surface area contributed by atoms with Crippen LogP contribution in [-0.2, 0) is 10.0 Å². The Labute approximate surface area is 154 Å². The van der Waals surface area contributed by atoms with Crippen molar-refractivity contribution in [2.75, 3.05) is 17.9 Å². The van der Waals surface area contributed by atoms with Crippen LogP contribution >= 0.6 is 0 Å². The molecule has 0 aromatic heterocycles. The predicted molar refractivity (Wildman–Crippen MR) is 102 cm³/mol. The molecule has 0 radical (unpaired) electrons. The van der Waals surface area contributed by atoms with Gasteiger partial charge >= 0.3 is 0 Å². The summed E-state index contributed by atoms with van der Waals surface area (Å²) in [6.07, 6.45) is 0. The highest BCUT2D eigenvalue weighted by Gasteiger charge is 2.15. The fraction of sp³-hybridized carbons (Fsp3) is 0.316. The average Bonchev–Trinajstić information content (AvgIpc) is 2.61. The highest BCUT2D eigenvalue weighted by Crippen LogP contribution is 2.20. The van der Waals surface area contributed by atoms with E-state index in [1.54, 1.807) is 24.3 Å². The third-order valence-electron chi connectivity index (χ3n) is 3.52. The summed E-state index contributed by atoms with van der Waals surface area (Å²) in [5, 5.41) is 2.80. The summed E-state index contributed by atoms with van der Waals surface area (Å²) in [4.78, 5) is 12.1. The lowest BCUT2D eigenvalue weighted by molar-refractivity contribution is 0.0949. The molecule has 2 aromatic rings. The number of amides is 1. The minimum atomic E-state index is -3.73. The van der Waals surface area contributed by atoms with Gasteiger partial charge in [0, 0.05) is 17.8 Å². The van der Waals surface area contributed by atoms with Crippen LogP contribution in [-0.4, -0.2) is 27.5 Å². The molecule has 6 nitrogen and oxygen atoms in total. The lowest BCUT2D eigenvalue weighted by Crippen LogP contribution is -2.27. The Morgan fingerprint density at radius 2 is 1.65 bits per heavy atom. The van der Waals surface area contributed by atoms with Gasteiger partial charge in [0.05, 0.1) is 11.5 Å². The minimum absolute atomic E-state index is 0.0896. The van der Waals surface area contributed by atoms with E-state index in [1.807, 2.05) is 20.8 Å². The predicted octanol–water partition coefficient (Wildman–Crippen LogP) is 3.27. The second-order valence-electron chi connectivity index (χ2n) is 6.19. The van der Waals surface area contributed by atoms with E-state index in [-0.39, 0.29) is 10.8 Å². The highest BCUT2D eigenvalue weighted by molar-refractivity contribution is 7.92. The van der Waals surface area contributed by atoms with E-state index in [9.17, 15) is 13.2 Å². The molecule has 0 saturated carbocycles. The molecule has 1 amide bonds. The monoisotopic (exact) mass is 376 g/mol. The van der Waals surface area contributed by atoms with Gasteiger partial charge in [-0.1, -0.05) is 13.8 Å². The van der Waals surface area contributed by atoms with Crippen molar-refractivity contribution in [3.8, 4) is 5.75 Å². The Morgan fingerprint density at radius 3 is 2.19 bits per heavy atom. The van der Waals surface area contributed by atoms with Crippen molar-refractivity contribution in [1.82, 2.24) is 5.32 Å². The first kappa shape index (κ1) is 19.8. The molecule has 0 spiro atoms.